The third-order valence-corrected chi connectivity index (χ3v) is 8.68. The molecule has 0 unspecified atom stereocenters. The molecule has 3 aromatic rings. The van der Waals surface area contributed by atoms with Crippen LogP contribution < -0.4 is 4.74 Å². The van der Waals surface area contributed by atoms with Crippen molar-refractivity contribution in [3.63, 3.8) is 0 Å². The van der Waals surface area contributed by atoms with E-state index in [0.29, 0.717) is 5.56 Å². The molecule has 1 aliphatic carbocycles. The summed E-state index contributed by atoms with van der Waals surface area (Å²) < 4.78 is 17.2. The molecule has 11 nitrogen and oxygen atoms in total. The van der Waals surface area contributed by atoms with E-state index in [1.807, 2.05) is 0 Å². The lowest BCUT2D eigenvalue weighted by Gasteiger charge is -2.58. The number of ether oxygens (including phenoxy) is 3. The van der Waals surface area contributed by atoms with Crippen molar-refractivity contribution in [3.05, 3.63) is 63.2 Å². The van der Waals surface area contributed by atoms with E-state index >= 15 is 0 Å². The molecule has 3 aliphatic rings. The minimum atomic E-state index is -1.75. The van der Waals surface area contributed by atoms with Gasteiger partial charge in [-0.05, 0) is 45.6 Å². The number of fused-ring (bicyclic) bond motifs is 8. The number of carbonyl (C=O) groups is 3. The molecule has 2 bridgehead atoms. The van der Waals surface area contributed by atoms with Crippen molar-refractivity contribution in [2.75, 3.05) is 21.2 Å². The predicted molar refractivity (Wildman–Crippen MR) is 144 cm³/mol. The maximum Gasteiger partial charge on any atom is 0.338 e. The van der Waals surface area contributed by atoms with Crippen LogP contribution in [-0.2, 0) is 15.1 Å². The van der Waals surface area contributed by atoms with Gasteiger partial charge in [0.2, 0.25) is 11.6 Å². The van der Waals surface area contributed by atoms with Gasteiger partial charge < -0.3 is 39.5 Å². The van der Waals surface area contributed by atoms with Crippen LogP contribution in [0.4, 0.5) is 0 Å². The first-order chi connectivity index (χ1) is 19.2. The van der Waals surface area contributed by atoms with Gasteiger partial charge in [0, 0.05) is 28.8 Å². The zero-order valence-electron chi connectivity index (χ0n) is 23.2. The standard InChI is InChI=1S/C30H29NO10/c1-11-7-8-12-13(17(11)28(38)39-6)9-14-18(22(12)33)24(35)19-16(32)10-15-25(20(19)23(14)34)40-30(3)27(37)21(31(4)5)26(36)29(15,2)41-30/h7-10,21,26-27,32-33,36-37H,1-6H3/t21-,26+,27-,29-,30-/m1/s1. The first-order valence-corrected chi connectivity index (χ1v) is 13.0. The average Bonchev–Trinajstić information content (AvgIpc) is 2.90. The topological polar surface area (TPSA) is 163 Å². The van der Waals surface area contributed by atoms with Gasteiger partial charge in [-0.15, -0.1) is 0 Å². The van der Waals surface area contributed by atoms with Crippen molar-refractivity contribution < 1.29 is 49.0 Å². The Morgan fingerprint density at radius 2 is 1.66 bits per heavy atom. The van der Waals surface area contributed by atoms with Gasteiger partial charge in [0.25, 0.3) is 0 Å². The second-order valence-electron chi connectivity index (χ2n) is 11.3. The molecule has 5 atom stereocenters. The summed E-state index contributed by atoms with van der Waals surface area (Å²) in [6.45, 7) is 4.69. The van der Waals surface area contributed by atoms with E-state index in [1.165, 1.54) is 32.2 Å². The fraction of sp³-hybridized carbons (Fsp3) is 0.367. The lowest BCUT2D eigenvalue weighted by molar-refractivity contribution is -0.363. The fourth-order valence-corrected chi connectivity index (χ4v) is 6.59. The van der Waals surface area contributed by atoms with E-state index in [9.17, 15) is 34.8 Å². The third kappa shape index (κ3) is 3.31. The molecule has 3 aromatic carbocycles. The Morgan fingerprint density at radius 3 is 2.29 bits per heavy atom. The molecule has 0 saturated carbocycles. The molecule has 0 amide bonds. The monoisotopic (exact) mass is 563 g/mol. The van der Waals surface area contributed by atoms with E-state index in [2.05, 4.69) is 0 Å². The lowest BCUT2D eigenvalue weighted by Crippen LogP contribution is -2.73. The molecule has 1 saturated heterocycles. The zero-order valence-corrected chi connectivity index (χ0v) is 23.2. The van der Waals surface area contributed by atoms with Gasteiger partial charge in [-0.1, -0.05) is 12.1 Å². The molecule has 41 heavy (non-hydrogen) atoms. The van der Waals surface area contributed by atoms with E-state index in [-0.39, 0.29) is 44.3 Å². The number of likely N-dealkylation sites (N-methyl/N-ethyl adjacent to an activating group) is 1. The van der Waals surface area contributed by atoms with Crippen LogP contribution in [0.3, 0.4) is 0 Å². The van der Waals surface area contributed by atoms with Gasteiger partial charge in [0.1, 0.15) is 35.1 Å². The number of ketones is 2. The number of benzene rings is 3. The van der Waals surface area contributed by atoms with Crippen molar-refractivity contribution in [2.45, 2.75) is 50.4 Å². The number of methoxy groups -OCH3 is 1. The molecule has 0 radical (unpaired) electrons. The Hall–Kier alpha value is -4.03. The number of esters is 1. The molecule has 1 fully saturated rings. The van der Waals surface area contributed by atoms with Crippen molar-refractivity contribution in [3.8, 4) is 17.2 Å². The molecule has 6 rings (SSSR count). The maximum absolute atomic E-state index is 14.2. The second-order valence-corrected chi connectivity index (χ2v) is 11.3. The van der Waals surface area contributed by atoms with Crippen LogP contribution in [0.1, 0.15) is 67.2 Å². The summed E-state index contributed by atoms with van der Waals surface area (Å²) in [7, 11) is 4.56. The Morgan fingerprint density at radius 1 is 0.976 bits per heavy atom. The van der Waals surface area contributed by atoms with Crippen LogP contribution in [0, 0.1) is 6.92 Å². The number of hydrogen-bond acceptors (Lipinski definition) is 11. The Kier molecular flexibility index (Phi) is 5.62. The summed E-state index contributed by atoms with van der Waals surface area (Å²) in [5.41, 5.74) is -2.04. The van der Waals surface area contributed by atoms with E-state index in [0.717, 1.165) is 0 Å². The van der Waals surface area contributed by atoms with E-state index < -0.39 is 64.2 Å². The molecule has 0 spiro atoms. The number of aromatic hydroxyl groups is 2. The number of aliphatic hydroxyl groups is 2. The molecule has 214 valence electrons. The fourth-order valence-electron chi connectivity index (χ4n) is 6.59. The highest BCUT2D eigenvalue weighted by molar-refractivity contribution is 6.33. The van der Waals surface area contributed by atoms with Crippen LogP contribution in [0.25, 0.3) is 10.8 Å². The number of nitrogens with zero attached hydrogens (tertiary/aromatic N) is 1. The van der Waals surface area contributed by atoms with Crippen LogP contribution in [0.15, 0.2) is 24.3 Å². The Labute approximate surface area is 234 Å². The molecular weight excluding hydrogens is 534 g/mol. The minimum absolute atomic E-state index is 0.109. The smallest absolute Gasteiger partial charge is 0.338 e. The van der Waals surface area contributed by atoms with Crippen LogP contribution >= 0.6 is 0 Å². The summed E-state index contributed by atoms with van der Waals surface area (Å²) in [5, 5.41) is 45.3. The average molecular weight is 564 g/mol. The molecule has 11 heteroatoms. The summed E-state index contributed by atoms with van der Waals surface area (Å²) in [5.74, 6) is -5.27. The minimum Gasteiger partial charge on any atom is -0.507 e. The van der Waals surface area contributed by atoms with Gasteiger partial charge in [0.05, 0.1) is 35.4 Å². The van der Waals surface area contributed by atoms with Gasteiger partial charge >= 0.3 is 5.97 Å². The molecule has 0 aromatic heterocycles. The maximum atomic E-state index is 14.2. The number of carbonyl (C=O) groups excluding carboxylic acids is 3. The lowest BCUT2D eigenvalue weighted by atomic mass is 9.73. The summed E-state index contributed by atoms with van der Waals surface area (Å²) in [4.78, 5) is 42.4. The quantitative estimate of drug-likeness (QED) is 0.264. The molecule has 4 N–H and O–H groups in total. The summed E-state index contributed by atoms with van der Waals surface area (Å²) in [6, 6.07) is 4.82. The van der Waals surface area contributed by atoms with Gasteiger partial charge in [-0.3, -0.25) is 9.59 Å². The number of rotatable bonds is 2. The largest absolute Gasteiger partial charge is 0.507 e. The molecule has 2 heterocycles. The summed E-state index contributed by atoms with van der Waals surface area (Å²) >= 11 is 0. The number of phenols is 2. The Bertz CT molecular complexity index is 1730. The van der Waals surface area contributed by atoms with E-state index in [1.54, 1.807) is 38.9 Å². The normalized spacial score (nSPS) is 28.2. The van der Waals surface area contributed by atoms with Gasteiger partial charge in [-0.25, -0.2) is 4.79 Å². The number of phenolic OH excluding ortho intramolecular Hbond substituents is 2. The molecular formula is C30H29NO10. The SMILES string of the molecule is COC(=O)c1c(C)ccc2c(O)c3c(cc12)C(=O)c1c2c(cc(O)c1C3=O)[C@@]1(C)O[C@@](C)(O2)[C@H](O)[C@H](N(C)C)[C@@H]1O. The highest BCUT2D eigenvalue weighted by Gasteiger charge is 2.64. The summed E-state index contributed by atoms with van der Waals surface area (Å²) in [6.07, 6.45) is -2.71. The zero-order chi connectivity index (χ0) is 29.9. The predicted octanol–water partition coefficient (Wildman–Crippen LogP) is 2.13. The Balaban J connectivity index is 1.65. The first kappa shape index (κ1) is 27.2. The van der Waals surface area contributed by atoms with Crippen molar-refractivity contribution in [1.29, 1.82) is 0 Å². The number of aryl methyl sites for hydroxylation is 1. The van der Waals surface area contributed by atoms with Crippen molar-refractivity contribution >= 4 is 28.3 Å². The van der Waals surface area contributed by atoms with E-state index in [4.69, 9.17) is 14.2 Å². The van der Waals surface area contributed by atoms with Gasteiger partial charge in [-0.2, -0.15) is 0 Å². The van der Waals surface area contributed by atoms with Crippen molar-refractivity contribution in [2.24, 2.45) is 0 Å². The number of aliphatic hydroxyl groups excluding tert-OH is 2. The van der Waals surface area contributed by atoms with Crippen molar-refractivity contribution in [1.82, 2.24) is 4.90 Å². The van der Waals surface area contributed by atoms with Gasteiger partial charge in [0.15, 0.2) is 5.78 Å². The number of hydrogen-bond donors (Lipinski definition) is 4. The highest BCUT2D eigenvalue weighted by atomic mass is 16.7. The molecule has 2 aliphatic heterocycles. The second kappa shape index (κ2) is 8.49. The van der Waals surface area contributed by atoms with Crippen LogP contribution in [-0.4, -0.2) is 88.1 Å². The van der Waals surface area contributed by atoms with Crippen LogP contribution in [0.2, 0.25) is 0 Å². The third-order valence-electron chi connectivity index (χ3n) is 8.68. The highest BCUT2D eigenvalue weighted by Crippen LogP contribution is 2.56. The van der Waals surface area contributed by atoms with Crippen LogP contribution in [0.5, 0.6) is 17.2 Å². The first-order valence-electron chi connectivity index (χ1n) is 13.0.